The van der Waals surface area contributed by atoms with Gasteiger partial charge in [-0.3, -0.25) is 24.0 Å². The summed E-state index contributed by atoms with van der Waals surface area (Å²) >= 11 is 0. The van der Waals surface area contributed by atoms with E-state index in [0.717, 1.165) is 0 Å². The highest BCUT2D eigenvalue weighted by Gasteiger charge is 2.37. The van der Waals surface area contributed by atoms with Crippen LogP contribution in [0.3, 0.4) is 0 Å². The Bertz CT molecular complexity index is 674. The second-order valence-electron chi connectivity index (χ2n) is 7.39. The van der Waals surface area contributed by atoms with Gasteiger partial charge in [0.1, 0.15) is 24.2 Å². The minimum absolute atomic E-state index is 0.202. The minimum Gasteiger partial charge on any atom is -0.481 e. The van der Waals surface area contributed by atoms with Crippen molar-refractivity contribution >= 4 is 29.6 Å². The Morgan fingerprint density at radius 3 is 2.26 bits per heavy atom. The van der Waals surface area contributed by atoms with E-state index >= 15 is 0 Å². The molecule has 1 aliphatic rings. The van der Waals surface area contributed by atoms with Crippen molar-refractivity contribution in [1.82, 2.24) is 15.5 Å². The Hall–Kier alpha value is -2.77. The molecule has 0 aromatic heterocycles. The minimum atomic E-state index is -1.52. The maximum atomic E-state index is 13.0. The van der Waals surface area contributed by atoms with Gasteiger partial charge in [0.05, 0.1) is 13.0 Å². The first-order valence-electron chi connectivity index (χ1n) is 10.1. The number of carbonyl (C=O) groups excluding carboxylic acids is 4. The quantitative estimate of drug-likeness (QED) is 0.139. The molecular weight excluding hydrogens is 412 g/mol. The lowest BCUT2D eigenvalue weighted by Gasteiger charge is -2.29. The van der Waals surface area contributed by atoms with Crippen LogP contribution >= 0.6 is 0 Å². The summed E-state index contributed by atoms with van der Waals surface area (Å²) in [6.45, 7) is -0.0213. The average molecular weight is 444 g/mol. The number of aliphatic carboxylic acids is 1. The topological polar surface area (TPSA) is 231 Å². The van der Waals surface area contributed by atoms with Crippen molar-refractivity contribution in [3.05, 3.63) is 0 Å². The molecule has 1 aliphatic heterocycles. The molecule has 0 unspecified atom stereocenters. The van der Waals surface area contributed by atoms with Gasteiger partial charge in [0.2, 0.25) is 23.6 Å². The third-order valence-electron chi connectivity index (χ3n) is 4.97. The first kappa shape index (κ1) is 26.3. The second-order valence-corrected chi connectivity index (χ2v) is 7.39. The smallest absolute Gasteiger partial charge is 0.305 e. The highest BCUT2D eigenvalue weighted by Crippen LogP contribution is 2.19. The predicted molar refractivity (Wildman–Crippen MR) is 108 cm³/mol. The monoisotopic (exact) mass is 444 g/mol. The molecule has 4 amide bonds. The number of rotatable bonds is 13. The number of aliphatic hydroxyl groups is 1. The van der Waals surface area contributed by atoms with Crippen LogP contribution in [-0.2, 0) is 24.0 Å². The number of nitrogens with two attached hydrogens (primary N) is 3. The molecule has 10 N–H and O–H groups in total. The molecule has 0 radical (unpaired) electrons. The standard InChI is InChI=1S/C18H32N6O7/c19-6-2-1-4-11(18(31)24-7-3-5-13(24)15(21)28)22-17(30)12(8-14(26)27)23-16(29)10(20)9-25/h10-13,25H,1-9,19-20H2,(H2,21,28)(H,22,30)(H,23,29)(H,26,27)/t10-,11-,12-,13-/m0/s1. The van der Waals surface area contributed by atoms with Gasteiger partial charge < -0.3 is 42.9 Å². The third-order valence-corrected chi connectivity index (χ3v) is 4.97. The van der Waals surface area contributed by atoms with E-state index < -0.39 is 66.8 Å². The van der Waals surface area contributed by atoms with Crippen molar-refractivity contribution in [2.45, 2.75) is 62.7 Å². The number of nitrogens with zero attached hydrogens (tertiary/aromatic N) is 1. The van der Waals surface area contributed by atoms with Crippen molar-refractivity contribution in [2.24, 2.45) is 17.2 Å². The van der Waals surface area contributed by atoms with E-state index in [1.807, 2.05) is 0 Å². The van der Waals surface area contributed by atoms with Crippen LogP contribution in [0.15, 0.2) is 0 Å². The van der Waals surface area contributed by atoms with Crippen LogP contribution in [0.1, 0.15) is 38.5 Å². The molecule has 1 heterocycles. The van der Waals surface area contributed by atoms with E-state index in [9.17, 15) is 24.0 Å². The van der Waals surface area contributed by atoms with E-state index in [0.29, 0.717) is 38.8 Å². The maximum Gasteiger partial charge on any atom is 0.305 e. The molecule has 0 aromatic rings. The van der Waals surface area contributed by atoms with Crippen molar-refractivity contribution in [1.29, 1.82) is 0 Å². The summed E-state index contributed by atoms with van der Waals surface area (Å²) in [6, 6.07) is -4.69. The van der Waals surface area contributed by atoms with E-state index in [1.165, 1.54) is 4.90 Å². The van der Waals surface area contributed by atoms with Gasteiger partial charge in [-0.1, -0.05) is 0 Å². The summed E-state index contributed by atoms with van der Waals surface area (Å²) in [5.74, 6) is -4.34. The number of hydrogen-bond donors (Lipinski definition) is 7. The number of carbonyl (C=O) groups is 5. The van der Waals surface area contributed by atoms with Gasteiger partial charge >= 0.3 is 5.97 Å². The number of carboxylic acids is 1. The lowest BCUT2D eigenvalue weighted by molar-refractivity contribution is -0.143. The predicted octanol–water partition coefficient (Wildman–Crippen LogP) is -3.64. The van der Waals surface area contributed by atoms with Crippen molar-refractivity contribution < 1.29 is 34.2 Å². The van der Waals surface area contributed by atoms with Crippen molar-refractivity contribution in [2.75, 3.05) is 19.7 Å². The van der Waals surface area contributed by atoms with Gasteiger partial charge in [-0.2, -0.15) is 0 Å². The van der Waals surface area contributed by atoms with E-state index in [4.69, 9.17) is 27.4 Å². The number of hydrogen-bond acceptors (Lipinski definition) is 8. The van der Waals surface area contributed by atoms with Crippen LogP contribution < -0.4 is 27.8 Å². The van der Waals surface area contributed by atoms with Crippen molar-refractivity contribution in [3.63, 3.8) is 0 Å². The van der Waals surface area contributed by atoms with Crippen molar-refractivity contribution in [3.8, 4) is 0 Å². The number of amides is 4. The van der Waals surface area contributed by atoms with E-state index in [-0.39, 0.29) is 6.42 Å². The van der Waals surface area contributed by atoms with E-state index in [1.54, 1.807) is 0 Å². The summed E-state index contributed by atoms with van der Waals surface area (Å²) in [5.41, 5.74) is 16.2. The van der Waals surface area contributed by atoms with Crippen LogP contribution in [0.2, 0.25) is 0 Å². The molecule has 0 bridgehead atoms. The van der Waals surface area contributed by atoms with E-state index in [2.05, 4.69) is 10.6 Å². The van der Waals surface area contributed by atoms with Gasteiger partial charge in [-0.15, -0.1) is 0 Å². The molecule has 0 aliphatic carbocycles. The van der Waals surface area contributed by atoms with Gasteiger partial charge in [0.25, 0.3) is 0 Å². The van der Waals surface area contributed by atoms with Crippen LogP contribution in [-0.4, -0.2) is 88.6 Å². The first-order chi connectivity index (χ1) is 14.6. The molecule has 176 valence electrons. The summed E-state index contributed by atoms with van der Waals surface area (Å²) in [5, 5.41) is 22.7. The van der Waals surface area contributed by atoms with Gasteiger partial charge in [0.15, 0.2) is 0 Å². The number of unbranched alkanes of at least 4 members (excludes halogenated alkanes) is 1. The zero-order chi connectivity index (χ0) is 23.6. The normalized spacial score (nSPS) is 18.7. The molecule has 13 heteroatoms. The molecule has 1 fully saturated rings. The van der Waals surface area contributed by atoms with Crippen LogP contribution in [0.4, 0.5) is 0 Å². The molecule has 31 heavy (non-hydrogen) atoms. The molecule has 13 nitrogen and oxygen atoms in total. The summed E-state index contributed by atoms with van der Waals surface area (Å²) < 4.78 is 0. The van der Waals surface area contributed by atoms with Gasteiger partial charge in [-0.25, -0.2) is 0 Å². The SMILES string of the molecule is NCCCC[C@H](NC(=O)[C@H](CC(=O)O)NC(=O)[C@@H](N)CO)C(=O)N1CCC[C@H]1C(N)=O. The van der Waals surface area contributed by atoms with Crippen LogP contribution in [0, 0.1) is 0 Å². The molecule has 0 aromatic carbocycles. The molecule has 1 saturated heterocycles. The Labute approximate surface area is 179 Å². The van der Waals surface area contributed by atoms with Crippen LogP contribution in [0.25, 0.3) is 0 Å². The highest BCUT2D eigenvalue weighted by atomic mass is 16.4. The lowest BCUT2D eigenvalue weighted by atomic mass is 10.1. The number of carboxylic acid groups (broad SMARTS) is 1. The average Bonchev–Trinajstić information content (AvgIpc) is 3.21. The van der Waals surface area contributed by atoms with Gasteiger partial charge in [0, 0.05) is 6.54 Å². The Morgan fingerprint density at radius 2 is 1.71 bits per heavy atom. The number of aliphatic hydroxyl groups excluding tert-OH is 1. The highest BCUT2D eigenvalue weighted by molar-refractivity contribution is 5.96. The molecular formula is C18H32N6O7. The number of likely N-dealkylation sites (tertiary alicyclic amines) is 1. The molecule has 4 atom stereocenters. The molecule has 1 rings (SSSR count). The largest absolute Gasteiger partial charge is 0.481 e. The Balaban J connectivity index is 2.99. The number of nitrogens with one attached hydrogen (secondary N) is 2. The summed E-state index contributed by atoms with van der Waals surface area (Å²) in [4.78, 5) is 61.8. The summed E-state index contributed by atoms with van der Waals surface area (Å²) in [6.07, 6.45) is 1.52. The molecule has 0 saturated carbocycles. The zero-order valence-corrected chi connectivity index (χ0v) is 17.3. The first-order valence-corrected chi connectivity index (χ1v) is 10.1. The number of primary amides is 1. The van der Waals surface area contributed by atoms with Gasteiger partial charge in [-0.05, 0) is 38.6 Å². The fourth-order valence-electron chi connectivity index (χ4n) is 3.29. The molecule has 0 spiro atoms. The third kappa shape index (κ3) is 8.11. The fourth-order valence-corrected chi connectivity index (χ4v) is 3.29. The maximum absolute atomic E-state index is 13.0. The zero-order valence-electron chi connectivity index (χ0n) is 17.3. The Kier molecular flexibility index (Phi) is 10.9. The second kappa shape index (κ2) is 12.8. The van der Waals surface area contributed by atoms with Crippen LogP contribution in [0.5, 0.6) is 0 Å². The summed E-state index contributed by atoms with van der Waals surface area (Å²) in [7, 11) is 0. The lowest BCUT2D eigenvalue weighted by Crippen LogP contribution is -2.58. The Morgan fingerprint density at radius 1 is 1.06 bits per heavy atom. The fraction of sp³-hybridized carbons (Fsp3) is 0.722.